The lowest BCUT2D eigenvalue weighted by Crippen LogP contribution is -2.49. The van der Waals surface area contributed by atoms with E-state index in [-0.39, 0.29) is 6.04 Å². The molecule has 7 heteroatoms. The van der Waals surface area contributed by atoms with E-state index in [4.69, 9.17) is 4.74 Å². The molecule has 1 fully saturated rings. The highest BCUT2D eigenvalue weighted by atomic mass is 32.2. The summed E-state index contributed by atoms with van der Waals surface area (Å²) in [6, 6.07) is 25.2. The van der Waals surface area contributed by atoms with Gasteiger partial charge in [0.15, 0.2) is 0 Å². The molecule has 0 spiro atoms. The molecule has 0 unspecified atom stereocenters. The average molecular weight is 466 g/mol. The normalized spacial score (nSPS) is 15.9. The van der Waals surface area contributed by atoms with Crippen LogP contribution in [0.4, 0.5) is 5.69 Å². The number of ether oxygens (including phenoxy) is 1. The van der Waals surface area contributed by atoms with Gasteiger partial charge in [-0.2, -0.15) is 0 Å². The van der Waals surface area contributed by atoms with Crippen LogP contribution >= 0.6 is 0 Å². The summed E-state index contributed by atoms with van der Waals surface area (Å²) in [5, 5.41) is 0. The number of piperazine rings is 1. The molecule has 1 aliphatic heterocycles. The highest BCUT2D eigenvalue weighted by Crippen LogP contribution is 2.25. The first kappa shape index (κ1) is 23.3. The number of nitrogens with one attached hydrogen (secondary N) is 1. The van der Waals surface area contributed by atoms with E-state index in [0.29, 0.717) is 11.4 Å². The van der Waals surface area contributed by atoms with Gasteiger partial charge in [-0.3, -0.25) is 4.90 Å². The van der Waals surface area contributed by atoms with Crippen molar-refractivity contribution in [1.82, 2.24) is 9.62 Å². The Morgan fingerprint density at radius 2 is 1.52 bits per heavy atom. The van der Waals surface area contributed by atoms with Crippen molar-refractivity contribution < 1.29 is 13.2 Å². The van der Waals surface area contributed by atoms with Crippen molar-refractivity contribution in [3.63, 3.8) is 0 Å². The van der Waals surface area contributed by atoms with E-state index in [2.05, 4.69) is 38.8 Å². The molecular weight excluding hydrogens is 434 g/mol. The number of aryl methyl sites for hydroxylation is 1. The second kappa shape index (κ2) is 10.4. The number of benzene rings is 3. The van der Waals surface area contributed by atoms with Crippen LogP contribution < -0.4 is 14.4 Å². The van der Waals surface area contributed by atoms with Gasteiger partial charge in [0.2, 0.25) is 10.0 Å². The van der Waals surface area contributed by atoms with Crippen LogP contribution in [0.2, 0.25) is 0 Å². The van der Waals surface area contributed by atoms with Gasteiger partial charge >= 0.3 is 0 Å². The van der Waals surface area contributed by atoms with E-state index in [1.807, 2.05) is 49.4 Å². The molecule has 0 radical (unpaired) electrons. The average Bonchev–Trinajstić information content (AvgIpc) is 2.85. The molecule has 1 saturated heterocycles. The first-order chi connectivity index (χ1) is 16.0. The molecule has 6 nitrogen and oxygen atoms in total. The Labute approximate surface area is 196 Å². The molecule has 33 heavy (non-hydrogen) atoms. The van der Waals surface area contributed by atoms with E-state index in [1.54, 1.807) is 19.2 Å². The van der Waals surface area contributed by atoms with E-state index in [0.717, 1.165) is 43.1 Å². The van der Waals surface area contributed by atoms with Gasteiger partial charge in [0.05, 0.1) is 12.0 Å². The maximum absolute atomic E-state index is 12.9. The summed E-state index contributed by atoms with van der Waals surface area (Å²) in [7, 11) is -1.91. The first-order valence-corrected chi connectivity index (χ1v) is 12.7. The van der Waals surface area contributed by atoms with Crippen LogP contribution in [0.3, 0.4) is 0 Å². The van der Waals surface area contributed by atoms with Crippen molar-refractivity contribution in [1.29, 1.82) is 0 Å². The molecule has 3 aromatic rings. The van der Waals surface area contributed by atoms with Gasteiger partial charge in [0.25, 0.3) is 0 Å². The molecular formula is C26H31N3O3S. The highest BCUT2D eigenvalue weighted by Gasteiger charge is 2.27. The maximum Gasteiger partial charge on any atom is 0.240 e. The zero-order valence-corrected chi connectivity index (χ0v) is 20.0. The Balaban J connectivity index is 1.46. The molecule has 0 saturated carbocycles. The molecule has 0 bridgehead atoms. The zero-order valence-electron chi connectivity index (χ0n) is 19.1. The summed E-state index contributed by atoms with van der Waals surface area (Å²) in [4.78, 5) is 5.02. The lowest BCUT2D eigenvalue weighted by molar-refractivity contribution is 0.187. The van der Waals surface area contributed by atoms with Crippen LogP contribution in [-0.4, -0.2) is 53.2 Å². The van der Waals surface area contributed by atoms with Crippen LogP contribution in [0.1, 0.15) is 17.2 Å². The van der Waals surface area contributed by atoms with Gasteiger partial charge in [-0.1, -0.05) is 48.0 Å². The van der Waals surface area contributed by atoms with Gasteiger partial charge in [-0.25, -0.2) is 13.1 Å². The fourth-order valence-electron chi connectivity index (χ4n) is 4.21. The molecule has 3 aromatic carbocycles. The number of hydrogen-bond acceptors (Lipinski definition) is 5. The lowest BCUT2D eigenvalue weighted by atomic mass is 10.0. The van der Waals surface area contributed by atoms with Gasteiger partial charge in [-0.15, -0.1) is 0 Å². The second-order valence-corrected chi connectivity index (χ2v) is 10.1. The highest BCUT2D eigenvalue weighted by molar-refractivity contribution is 7.89. The molecule has 0 aliphatic carbocycles. The minimum Gasteiger partial charge on any atom is -0.497 e. The lowest BCUT2D eigenvalue weighted by Gasteiger charge is -2.40. The standard InChI is InChI=1S/C26H31N3O3S/c1-21-8-14-25(15-9-21)33(30,31)27-20-26(22-6-4-3-5-7-22)29-18-16-28(17-19-29)23-10-12-24(32-2)13-11-23/h3-15,26-27H,16-20H2,1-2H3/t26-/m0/s1. The molecule has 1 aliphatic rings. The van der Waals surface area contributed by atoms with Crippen molar-refractivity contribution in [3.05, 3.63) is 90.0 Å². The summed E-state index contributed by atoms with van der Waals surface area (Å²) in [5.74, 6) is 0.849. The summed E-state index contributed by atoms with van der Waals surface area (Å²) < 4.78 is 33.9. The van der Waals surface area contributed by atoms with Crippen molar-refractivity contribution in [2.24, 2.45) is 0 Å². The third-order valence-electron chi connectivity index (χ3n) is 6.17. The number of rotatable bonds is 8. The number of anilines is 1. The van der Waals surface area contributed by atoms with Gasteiger partial charge in [-0.05, 0) is 48.9 Å². The Kier molecular flexibility index (Phi) is 7.33. The number of sulfonamides is 1. The third-order valence-corrected chi connectivity index (χ3v) is 7.61. The van der Waals surface area contributed by atoms with Gasteiger partial charge in [0, 0.05) is 44.5 Å². The van der Waals surface area contributed by atoms with Crippen molar-refractivity contribution in [3.8, 4) is 5.75 Å². The molecule has 1 heterocycles. The Hall–Kier alpha value is -2.87. The van der Waals surface area contributed by atoms with E-state index in [9.17, 15) is 8.42 Å². The molecule has 174 valence electrons. The summed E-state index contributed by atoms with van der Waals surface area (Å²) >= 11 is 0. The largest absolute Gasteiger partial charge is 0.497 e. The number of hydrogen-bond donors (Lipinski definition) is 1. The third kappa shape index (κ3) is 5.74. The minimum atomic E-state index is -3.58. The first-order valence-electron chi connectivity index (χ1n) is 11.2. The smallest absolute Gasteiger partial charge is 0.240 e. The minimum absolute atomic E-state index is 0.0376. The van der Waals surface area contributed by atoms with Crippen LogP contribution in [-0.2, 0) is 10.0 Å². The fourth-order valence-corrected chi connectivity index (χ4v) is 5.25. The SMILES string of the molecule is COc1ccc(N2CCN([C@@H](CNS(=O)(=O)c3ccc(C)cc3)c3ccccc3)CC2)cc1. The molecule has 0 aromatic heterocycles. The fraction of sp³-hybridized carbons (Fsp3) is 0.308. The number of methoxy groups -OCH3 is 1. The van der Waals surface area contributed by atoms with Crippen LogP contribution in [0.15, 0.2) is 83.8 Å². The zero-order chi connectivity index (χ0) is 23.3. The topological polar surface area (TPSA) is 61.9 Å². The van der Waals surface area contributed by atoms with E-state index >= 15 is 0 Å². The van der Waals surface area contributed by atoms with Gasteiger partial charge < -0.3 is 9.64 Å². The molecule has 0 amide bonds. The summed E-state index contributed by atoms with van der Waals surface area (Å²) in [6.45, 7) is 5.71. The van der Waals surface area contributed by atoms with Crippen molar-refractivity contribution in [2.45, 2.75) is 17.9 Å². The van der Waals surface area contributed by atoms with Crippen LogP contribution in [0.25, 0.3) is 0 Å². The predicted octanol–water partition coefficient (Wildman–Crippen LogP) is 3.85. The van der Waals surface area contributed by atoms with Crippen LogP contribution in [0, 0.1) is 6.92 Å². The van der Waals surface area contributed by atoms with E-state index in [1.165, 1.54) is 5.69 Å². The maximum atomic E-state index is 12.9. The summed E-state index contributed by atoms with van der Waals surface area (Å²) in [6.07, 6.45) is 0. The Morgan fingerprint density at radius 1 is 0.879 bits per heavy atom. The van der Waals surface area contributed by atoms with Crippen molar-refractivity contribution in [2.75, 3.05) is 44.7 Å². The second-order valence-electron chi connectivity index (χ2n) is 8.31. The van der Waals surface area contributed by atoms with Gasteiger partial charge in [0.1, 0.15) is 5.75 Å². The Bertz CT molecular complexity index is 1130. The number of nitrogens with zero attached hydrogens (tertiary/aromatic N) is 2. The summed E-state index contributed by atoms with van der Waals surface area (Å²) in [5.41, 5.74) is 3.32. The molecule has 1 N–H and O–H groups in total. The van der Waals surface area contributed by atoms with Crippen molar-refractivity contribution >= 4 is 15.7 Å². The molecule has 1 atom stereocenters. The Morgan fingerprint density at radius 3 is 2.12 bits per heavy atom. The predicted molar refractivity (Wildman–Crippen MR) is 132 cm³/mol. The van der Waals surface area contributed by atoms with Crippen LogP contribution in [0.5, 0.6) is 5.75 Å². The monoisotopic (exact) mass is 465 g/mol. The van der Waals surface area contributed by atoms with E-state index < -0.39 is 10.0 Å². The quantitative estimate of drug-likeness (QED) is 0.548. The molecule has 4 rings (SSSR count).